The van der Waals surface area contributed by atoms with Crippen LogP contribution in [0.4, 0.5) is 0 Å². The van der Waals surface area contributed by atoms with Crippen molar-refractivity contribution in [3.05, 3.63) is 0 Å². The standard InChI is InChI=1S/C10H23N3O2S.ClH/c1-2-6-11-7-8-12-16(14,15)13-9-4-3-5-10-13;/h11-12H,2-10H2,1H3;1H. The average molecular weight is 286 g/mol. The van der Waals surface area contributed by atoms with E-state index < -0.39 is 10.2 Å². The third-order valence-corrected chi connectivity index (χ3v) is 4.28. The first kappa shape index (κ1) is 17.1. The van der Waals surface area contributed by atoms with Gasteiger partial charge in [-0.1, -0.05) is 13.3 Å². The summed E-state index contributed by atoms with van der Waals surface area (Å²) in [6.07, 6.45) is 4.17. The Hall–Kier alpha value is 0.120. The number of nitrogens with zero attached hydrogens (tertiary/aromatic N) is 1. The molecule has 0 aromatic rings. The van der Waals surface area contributed by atoms with E-state index >= 15 is 0 Å². The van der Waals surface area contributed by atoms with Crippen LogP contribution in [0.3, 0.4) is 0 Å². The van der Waals surface area contributed by atoms with Crippen LogP contribution < -0.4 is 10.0 Å². The lowest BCUT2D eigenvalue weighted by Crippen LogP contribution is -2.45. The molecule has 0 amide bonds. The highest BCUT2D eigenvalue weighted by Gasteiger charge is 2.22. The normalized spacial score (nSPS) is 17.7. The van der Waals surface area contributed by atoms with Crippen LogP contribution in [-0.4, -0.2) is 45.4 Å². The fourth-order valence-electron chi connectivity index (χ4n) is 1.77. The zero-order valence-electron chi connectivity index (χ0n) is 10.4. The molecule has 0 saturated carbocycles. The first-order valence-corrected chi connectivity index (χ1v) is 7.56. The van der Waals surface area contributed by atoms with Crippen molar-refractivity contribution in [3.8, 4) is 0 Å². The van der Waals surface area contributed by atoms with Gasteiger partial charge in [-0.25, -0.2) is 4.72 Å². The fourth-order valence-corrected chi connectivity index (χ4v) is 3.05. The molecular weight excluding hydrogens is 262 g/mol. The minimum atomic E-state index is -3.23. The Kier molecular flexibility index (Phi) is 9.17. The van der Waals surface area contributed by atoms with E-state index in [1.165, 1.54) is 0 Å². The van der Waals surface area contributed by atoms with Gasteiger partial charge in [0, 0.05) is 26.2 Å². The first-order valence-electron chi connectivity index (χ1n) is 6.12. The van der Waals surface area contributed by atoms with Crippen LogP contribution in [-0.2, 0) is 10.2 Å². The fraction of sp³-hybridized carbons (Fsp3) is 1.00. The van der Waals surface area contributed by atoms with Gasteiger partial charge >= 0.3 is 0 Å². The van der Waals surface area contributed by atoms with Crippen LogP contribution >= 0.6 is 12.4 Å². The van der Waals surface area contributed by atoms with Gasteiger partial charge in [-0.15, -0.1) is 12.4 Å². The molecule has 0 bridgehead atoms. The molecule has 5 nitrogen and oxygen atoms in total. The van der Waals surface area contributed by atoms with Gasteiger partial charge < -0.3 is 5.32 Å². The van der Waals surface area contributed by atoms with Gasteiger partial charge in [0.15, 0.2) is 0 Å². The van der Waals surface area contributed by atoms with Crippen LogP contribution in [0.25, 0.3) is 0 Å². The SMILES string of the molecule is CCCNCCNS(=O)(=O)N1CCCCC1.Cl. The second-order valence-electron chi connectivity index (χ2n) is 4.11. The number of halogens is 1. The van der Waals surface area contributed by atoms with Crippen molar-refractivity contribution in [1.82, 2.24) is 14.3 Å². The molecular formula is C10H24ClN3O2S. The minimum absolute atomic E-state index is 0. The molecule has 0 spiro atoms. The second kappa shape index (κ2) is 9.10. The van der Waals surface area contributed by atoms with E-state index in [4.69, 9.17) is 0 Å². The molecule has 1 saturated heterocycles. The van der Waals surface area contributed by atoms with E-state index in [1.54, 1.807) is 4.31 Å². The molecule has 1 aliphatic rings. The predicted molar refractivity (Wildman–Crippen MR) is 72.8 cm³/mol. The zero-order valence-corrected chi connectivity index (χ0v) is 12.1. The lowest BCUT2D eigenvalue weighted by atomic mass is 10.2. The monoisotopic (exact) mass is 285 g/mol. The van der Waals surface area contributed by atoms with Crippen LogP contribution in [0.5, 0.6) is 0 Å². The molecule has 0 radical (unpaired) electrons. The quantitative estimate of drug-likeness (QED) is 0.678. The Labute approximate surface area is 111 Å². The maximum atomic E-state index is 11.8. The minimum Gasteiger partial charge on any atom is -0.315 e. The molecule has 7 heteroatoms. The molecule has 104 valence electrons. The third-order valence-electron chi connectivity index (χ3n) is 2.67. The van der Waals surface area contributed by atoms with Crippen molar-refractivity contribution in [2.45, 2.75) is 32.6 Å². The van der Waals surface area contributed by atoms with Gasteiger partial charge in [0.25, 0.3) is 10.2 Å². The number of hydrogen-bond donors (Lipinski definition) is 2. The highest BCUT2D eigenvalue weighted by atomic mass is 35.5. The summed E-state index contributed by atoms with van der Waals surface area (Å²) < 4.78 is 27.8. The summed E-state index contributed by atoms with van der Waals surface area (Å²) in [5.41, 5.74) is 0. The van der Waals surface area contributed by atoms with Gasteiger partial charge in [0.05, 0.1) is 0 Å². The molecule has 1 heterocycles. The first-order chi connectivity index (χ1) is 7.67. The van der Waals surface area contributed by atoms with Gasteiger partial charge in [0.2, 0.25) is 0 Å². The molecule has 17 heavy (non-hydrogen) atoms. The van der Waals surface area contributed by atoms with Gasteiger partial charge in [-0.3, -0.25) is 0 Å². The lowest BCUT2D eigenvalue weighted by molar-refractivity contribution is 0.341. The van der Waals surface area contributed by atoms with Crippen molar-refractivity contribution in [1.29, 1.82) is 0 Å². The zero-order chi connectivity index (χ0) is 11.9. The van der Waals surface area contributed by atoms with Crippen molar-refractivity contribution in [2.24, 2.45) is 0 Å². The van der Waals surface area contributed by atoms with Crippen LogP contribution in [0, 0.1) is 0 Å². The average Bonchev–Trinajstić information content (AvgIpc) is 2.30. The number of piperidine rings is 1. The summed E-state index contributed by atoms with van der Waals surface area (Å²) in [5.74, 6) is 0. The Morgan fingerprint density at radius 3 is 2.29 bits per heavy atom. The predicted octanol–water partition coefficient (Wildman–Crippen LogP) is 0.728. The Morgan fingerprint density at radius 1 is 1.06 bits per heavy atom. The maximum absolute atomic E-state index is 11.8. The third kappa shape index (κ3) is 6.57. The molecule has 0 aromatic heterocycles. The van der Waals surface area contributed by atoms with E-state index in [2.05, 4.69) is 17.0 Å². The Bertz CT molecular complexity index is 279. The van der Waals surface area contributed by atoms with E-state index in [0.29, 0.717) is 26.2 Å². The van der Waals surface area contributed by atoms with Crippen molar-refractivity contribution < 1.29 is 8.42 Å². The smallest absolute Gasteiger partial charge is 0.279 e. The van der Waals surface area contributed by atoms with Gasteiger partial charge in [-0.05, 0) is 25.8 Å². The van der Waals surface area contributed by atoms with E-state index in [-0.39, 0.29) is 12.4 Å². The van der Waals surface area contributed by atoms with Gasteiger partial charge in [0.1, 0.15) is 0 Å². The number of rotatable bonds is 7. The highest BCUT2D eigenvalue weighted by molar-refractivity contribution is 7.87. The molecule has 0 atom stereocenters. The molecule has 0 unspecified atom stereocenters. The number of nitrogens with one attached hydrogen (secondary N) is 2. The maximum Gasteiger partial charge on any atom is 0.279 e. The summed E-state index contributed by atoms with van der Waals surface area (Å²) >= 11 is 0. The van der Waals surface area contributed by atoms with E-state index in [0.717, 1.165) is 32.2 Å². The topological polar surface area (TPSA) is 61.4 Å². The van der Waals surface area contributed by atoms with E-state index in [1.807, 2.05) is 0 Å². The van der Waals surface area contributed by atoms with Gasteiger partial charge in [-0.2, -0.15) is 12.7 Å². The highest BCUT2D eigenvalue weighted by Crippen LogP contribution is 2.11. The molecule has 2 N–H and O–H groups in total. The molecule has 1 fully saturated rings. The molecule has 0 aromatic carbocycles. The van der Waals surface area contributed by atoms with Crippen LogP contribution in [0.2, 0.25) is 0 Å². The molecule has 0 aliphatic carbocycles. The molecule has 1 rings (SSSR count). The van der Waals surface area contributed by atoms with Crippen LogP contribution in [0.15, 0.2) is 0 Å². The summed E-state index contributed by atoms with van der Waals surface area (Å²) in [6, 6.07) is 0. The van der Waals surface area contributed by atoms with Crippen molar-refractivity contribution in [2.75, 3.05) is 32.7 Å². The van der Waals surface area contributed by atoms with Crippen LogP contribution in [0.1, 0.15) is 32.6 Å². The lowest BCUT2D eigenvalue weighted by Gasteiger charge is -2.25. The van der Waals surface area contributed by atoms with Crippen molar-refractivity contribution in [3.63, 3.8) is 0 Å². The second-order valence-corrected chi connectivity index (χ2v) is 5.86. The largest absolute Gasteiger partial charge is 0.315 e. The molecule has 1 aliphatic heterocycles. The summed E-state index contributed by atoms with van der Waals surface area (Å²) in [6.45, 7) is 5.52. The summed E-state index contributed by atoms with van der Waals surface area (Å²) in [4.78, 5) is 0. The summed E-state index contributed by atoms with van der Waals surface area (Å²) in [7, 11) is -3.23. The van der Waals surface area contributed by atoms with E-state index in [9.17, 15) is 8.42 Å². The van der Waals surface area contributed by atoms with Crippen molar-refractivity contribution >= 4 is 22.6 Å². The Balaban J connectivity index is 0.00000256. The summed E-state index contributed by atoms with van der Waals surface area (Å²) in [5, 5.41) is 3.17. The number of hydrogen-bond acceptors (Lipinski definition) is 3. The Morgan fingerprint density at radius 2 is 1.71 bits per heavy atom.